The van der Waals surface area contributed by atoms with Crippen LogP contribution in [0.1, 0.15) is 5.69 Å². The molecule has 0 fully saturated rings. The maximum Gasteiger partial charge on any atom is 0.175 e. The summed E-state index contributed by atoms with van der Waals surface area (Å²) in [5.74, 6) is 0. The van der Waals surface area contributed by atoms with E-state index in [4.69, 9.17) is 5.26 Å². The number of hydrogen-bond acceptors (Lipinski definition) is 3. The minimum atomic E-state index is 0.526. The summed E-state index contributed by atoms with van der Waals surface area (Å²) >= 11 is 3.31. The van der Waals surface area contributed by atoms with Crippen LogP contribution < -0.4 is 0 Å². The zero-order valence-electron chi connectivity index (χ0n) is 5.90. The minimum Gasteiger partial charge on any atom is -0.271 e. The number of nitriles is 1. The second-order valence-corrected chi connectivity index (χ2v) is 3.06. The van der Waals surface area contributed by atoms with E-state index in [0.29, 0.717) is 11.3 Å². The molecule has 2 heterocycles. The van der Waals surface area contributed by atoms with Crippen LogP contribution in [0.25, 0.3) is 5.65 Å². The fourth-order valence-corrected chi connectivity index (χ4v) is 1.37. The van der Waals surface area contributed by atoms with Crippen LogP contribution in [-0.4, -0.2) is 14.6 Å². The molecule has 0 saturated heterocycles. The van der Waals surface area contributed by atoms with Crippen molar-refractivity contribution in [3.63, 3.8) is 0 Å². The first-order valence-corrected chi connectivity index (χ1v) is 4.00. The summed E-state index contributed by atoms with van der Waals surface area (Å²) in [6.45, 7) is 0. The van der Waals surface area contributed by atoms with E-state index in [-0.39, 0.29) is 0 Å². The van der Waals surface area contributed by atoms with Crippen LogP contribution in [0, 0.1) is 11.3 Å². The number of pyridine rings is 1. The van der Waals surface area contributed by atoms with Crippen LogP contribution in [0.4, 0.5) is 0 Å². The Morgan fingerprint density at radius 3 is 3.08 bits per heavy atom. The van der Waals surface area contributed by atoms with Gasteiger partial charge in [0, 0.05) is 0 Å². The van der Waals surface area contributed by atoms with Gasteiger partial charge in [0.1, 0.15) is 18.1 Å². The van der Waals surface area contributed by atoms with Crippen LogP contribution in [0.5, 0.6) is 0 Å². The second kappa shape index (κ2) is 2.57. The van der Waals surface area contributed by atoms with E-state index in [9.17, 15) is 0 Å². The summed E-state index contributed by atoms with van der Waals surface area (Å²) in [6.07, 6.45) is 1.51. The molecule has 0 aliphatic rings. The highest BCUT2D eigenvalue weighted by Crippen LogP contribution is 2.16. The van der Waals surface area contributed by atoms with Crippen LogP contribution in [-0.2, 0) is 0 Å². The molecular weight excluding hydrogens is 220 g/mol. The fourth-order valence-electron chi connectivity index (χ4n) is 0.972. The Morgan fingerprint density at radius 2 is 2.33 bits per heavy atom. The summed E-state index contributed by atoms with van der Waals surface area (Å²) in [5, 5.41) is 16.2. The first-order valence-electron chi connectivity index (χ1n) is 3.21. The van der Waals surface area contributed by atoms with Gasteiger partial charge in [0.15, 0.2) is 5.65 Å². The van der Waals surface area contributed by atoms with Crippen LogP contribution >= 0.6 is 15.9 Å². The Labute approximate surface area is 76.6 Å². The van der Waals surface area contributed by atoms with Crippen molar-refractivity contribution >= 4 is 21.6 Å². The molecule has 0 unspecified atom stereocenters. The molecule has 2 aromatic rings. The quantitative estimate of drug-likeness (QED) is 0.677. The van der Waals surface area contributed by atoms with Crippen LogP contribution in [0.3, 0.4) is 0 Å². The zero-order valence-corrected chi connectivity index (χ0v) is 7.48. The van der Waals surface area contributed by atoms with Crippen molar-refractivity contribution in [3.05, 3.63) is 28.6 Å². The van der Waals surface area contributed by atoms with Gasteiger partial charge >= 0.3 is 0 Å². The van der Waals surface area contributed by atoms with Gasteiger partial charge in [-0.2, -0.15) is 5.26 Å². The minimum absolute atomic E-state index is 0.526. The monoisotopic (exact) mass is 222 g/mol. The van der Waals surface area contributed by atoms with Crippen molar-refractivity contribution in [2.75, 3.05) is 0 Å². The van der Waals surface area contributed by atoms with Crippen molar-refractivity contribution in [3.8, 4) is 6.07 Å². The number of nitrogens with zero attached hydrogens (tertiary/aromatic N) is 4. The van der Waals surface area contributed by atoms with E-state index in [1.165, 1.54) is 6.33 Å². The van der Waals surface area contributed by atoms with Crippen LogP contribution in [0.15, 0.2) is 22.9 Å². The predicted octanol–water partition coefficient (Wildman–Crippen LogP) is 1.36. The molecule has 2 rings (SSSR count). The first kappa shape index (κ1) is 7.25. The third-order valence-electron chi connectivity index (χ3n) is 1.52. The number of hydrogen-bond donors (Lipinski definition) is 0. The average Bonchev–Trinajstić information content (AvgIpc) is 2.54. The standard InChI is InChI=1S/C7H3BrN4/c8-6-2-1-5(3-9)12-4-10-11-7(6)12/h1-2,4H. The van der Waals surface area contributed by atoms with Crippen molar-refractivity contribution < 1.29 is 0 Å². The summed E-state index contributed by atoms with van der Waals surface area (Å²) < 4.78 is 2.46. The molecule has 0 aliphatic carbocycles. The first-order chi connectivity index (χ1) is 5.83. The highest BCUT2D eigenvalue weighted by molar-refractivity contribution is 9.10. The lowest BCUT2D eigenvalue weighted by Crippen LogP contribution is -1.90. The number of rotatable bonds is 0. The zero-order chi connectivity index (χ0) is 8.55. The summed E-state index contributed by atoms with van der Waals surface area (Å²) in [4.78, 5) is 0. The molecular formula is C7H3BrN4. The molecule has 0 aromatic carbocycles. The van der Waals surface area contributed by atoms with E-state index in [0.717, 1.165) is 4.47 Å². The topological polar surface area (TPSA) is 54.0 Å². The number of halogens is 1. The molecule has 5 heteroatoms. The SMILES string of the molecule is N#Cc1ccc(Br)c2nncn12. The van der Waals surface area contributed by atoms with Gasteiger partial charge in [-0.15, -0.1) is 10.2 Å². The lowest BCUT2D eigenvalue weighted by molar-refractivity contribution is 1.09. The van der Waals surface area contributed by atoms with Gasteiger partial charge < -0.3 is 0 Å². The van der Waals surface area contributed by atoms with E-state index in [1.807, 2.05) is 6.07 Å². The Kier molecular flexibility index (Phi) is 1.55. The molecule has 0 spiro atoms. The fraction of sp³-hybridized carbons (Fsp3) is 0. The molecule has 4 nitrogen and oxygen atoms in total. The molecule has 12 heavy (non-hydrogen) atoms. The Bertz CT molecular complexity index is 468. The maximum absolute atomic E-state index is 8.70. The summed E-state index contributed by atoms with van der Waals surface area (Å²) in [7, 11) is 0. The summed E-state index contributed by atoms with van der Waals surface area (Å²) in [5.41, 5.74) is 1.19. The van der Waals surface area contributed by atoms with Crippen molar-refractivity contribution in [1.29, 1.82) is 5.26 Å². The van der Waals surface area contributed by atoms with Crippen molar-refractivity contribution in [2.45, 2.75) is 0 Å². The number of fused-ring (bicyclic) bond motifs is 1. The lowest BCUT2D eigenvalue weighted by Gasteiger charge is -1.95. The summed E-state index contributed by atoms with van der Waals surface area (Å²) in [6, 6.07) is 5.53. The average molecular weight is 223 g/mol. The highest BCUT2D eigenvalue weighted by atomic mass is 79.9. The van der Waals surface area contributed by atoms with Crippen LogP contribution in [0.2, 0.25) is 0 Å². The Hall–Kier alpha value is -1.41. The molecule has 0 aliphatic heterocycles. The second-order valence-electron chi connectivity index (χ2n) is 2.20. The largest absolute Gasteiger partial charge is 0.271 e. The van der Waals surface area contributed by atoms with Gasteiger partial charge in [-0.25, -0.2) is 0 Å². The Morgan fingerprint density at radius 1 is 1.50 bits per heavy atom. The highest BCUT2D eigenvalue weighted by Gasteiger charge is 2.03. The van der Waals surface area contributed by atoms with E-state index in [2.05, 4.69) is 26.1 Å². The Balaban J connectivity index is 2.94. The molecule has 0 atom stereocenters. The van der Waals surface area contributed by atoms with Crippen molar-refractivity contribution in [1.82, 2.24) is 14.6 Å². The molecule has 0 saturated carbocycles. The molecule has 0 N–H and O–H groups in total. The molecule has 2 aromatic heterocycles. The molecule has 0 radical (unpaired) electrons. The predicted molar refractivity (Wildman–Crippen MR) is 45.4 cm³/mol. The van der Waals surface area contributed by atoms with E-state index in [1.54, 1.807) is 16.5 Å². The van der Waals surface area contributed by atoms with Gasteiger partial charge in [-0.1, -0.05) is 0 Å². The van der Waals surface area contributed by atoms with Gasteiger partial charge in [0.25, 0.3) is 0 Å². The lowest BCUT2D eigenvalue weighted by atomic mass is 10.4. The third kappa shape index (κ3) is 0.889. The molecule has 0 bridgehead atoms. The normalized spacial score (nSPS) is 10.0. The van der Waals surface area contributed by atoms with Gasteiger partial charge in [-0.3, -0.25) is 4.40 Å². The van der Waals surface area contributed by atoms with Gasteiger partial charge in [-0.05, 0) is 28.1 Å². The van der Waals surface area contributed by atoms with E-state index >= 15 is 0 Å². The number of aromatic nitrogens is 3. The molecule has 0 amide bonds. The maximum atomic E-state index is 8.70. The van der Waals surface area contributed by atoms with Gasteiger partial charge in [0.2, 0.25) is 0 Å². The smallest absolute Gasteiger partial charge is 0.175 e. The third-order valence-corrected chi connectivity index (χ3v) is 2.14. The van der Waals surface area contributed by atoms with E-state index < -0.39 is 0 Å². The molecule has 58 valence electrons. The van der Waals surface area contributed by atoms with Gasteiger partial charge in [0.05, 0.1) is 4.47 Å². The van der Waals surface area contributed by atoms with Crippen molar-refractivity contribution in [2.24, 2.45) is 0 Å².